The van der Waals surface area contributed by atoms with Gasteiger partial charge in [-0.25, -0.2) is 0 Å². The molecule has 124 valence electrons. The normalized spacial score (nSPS) is 13.5. The summed E-state index contributed by atoms with van der Waals surface area (Å²) in [5.74, 6) is 0.470. The van der Waals surface area contributed by atoms with Crippen LogP contribution in [0.25, 0.3) is 0 Å². The van der Waals surface area contributed by atoms with Crippen molar-refractivity contribution in [3.05, 3.63) is 23.2 Å². The van der Waals surface area contributed by atoms with Gasteiger partial charge in [0.2, 0.25) is 0 Å². The first-order valence-electron chi connectivity index (χ1n) is 7.84. The third kappa shape index (κ3) is 5.18. The van der Waals surface area contributed by atoms with Crippen LogP contribution in [0.5, 0.6) is 5.75 Å². The molecule has 1 rings (SSSR count). The van der Waals surface area contributed by atoms with Gasteiger partial charge in [-0.1, -0.05) is 31.9 Å². The fourth-order valence-electron chi connectivity index (χ4n) is 2.22. The fraction of sp³-hybridized carbons (Fsp3) is 0.588. The zero-order chi connectivity index (χ0) is 16.6. The van der Waals surface area contributed by atoms with Crippen LogP contribution in [-0.2, 0) is 9.53 Å². The molecule has 0 aromatic heterocycles. The summed E-state index contributed by atoms with van der Waals surface area (Å²) in [6.07, 6.45) is 2.45. The van der Waals surface area contributed by atoms with Crippen LogP contribution in [-0.4, -0.2) is 24.7 Å². The average molecular weight is 328 g/mol. The van der Waals surface area contributed by atoms with Gasteiger partial charge in [0, 0.05) is 12.3 Å². The Morgan fingerprint density at radius 1 is 1.27 bits per heavy atom. The van der Waals surface area contributed by atoms with Crippen LogP contribution in [0, 0.1) is 0 Å². The topological polar surface area (TPSA) is 47.6 Å². The van der Waals surface area contributed by atoms with Crippen LogP contribution in [0.3, 0.4) is 0 Å². The Labute approximate surface area is 138 Å². The zero-order valence-electron chi connectivity index (χ0n) is 13.9. The number of nitrogens with one attached hydrogen (secondary N) is 1. The summed E-state index contributed by atoms with van der Waals surface area (Å²) in [4.78, 5) is 12.5. The molecular formula is C17H26ClNO3. The minimum absolute atomic E-state index is 0.158. The molecule has 0 aliphatic rings. The van der Waals surface area contributed by atoms with Gasteiger partial charge in [0.1, 0.15) is 11.4 Å². The van der Waals surface area contributed by atoms with E-state index in [0.29, 0.717) is 36.1 Å². The van der Waals surface area contributed by atoms with Gasteiger partial charge < -0.3 is 14.8 Å². The van der Waals surface area contributed by atoms with Gasteiger partial charge in [0.25, 0.3) is 5.91 Å². The maximum atomic E-state index is 12.5. The first-order chi connectivity index (χ1) is 10.5. The van der Waals surface area contributed by atoms with Gasteiger partial charge in [-0.3, -0.25) is 4.79 Å². The second kappa shape index (κ2) is 9.01. The summed E-state index contributed by atoms with van der Waals surface area (Å²) < 4.78 is 11.2. The zero-order valence-corrected chi connectivity index (χ0v) is 14.6. The third-order valence-electron chi connectivity index (χ3n) is 3.32. The van der Waals surface area contributed by atoms with Gasteiger partial charge in [-0.05, 0) is 44.9 Å². The van der Waals surface area contributed by atoms with E-state index in [9.17, 15) is 4.79 Å². The molecule has 1 N–H and O–H groups in total. The van der Waals surface area contributed by atoms with E-state index in [1.165, 1.54) is 0 Å². The van der Waals surface area contributed by atoms with Crippen LogP contribution in [0.1, 0.15) is 47.0 Å². The Morgan fingerprint density at radius 2 is 2.00 bits per heavy atom. The number of carbonyl (C=O) groups excluding carboxylic acids is 1. The molecule has 1 atom stereocenters. The Balaban J connectivity index is 2.80. The van der Waals surface area contributed by atoms with Crippen molar-refractivity contribution in [2.24, 2.45) is 0 Å². The standard InChI is InChI=1S/C17H26ClNO3/c1-5-10-17(4,22-7-3)16(20)19-13-8-9-15(14(18)12-13)21-11-6-2/h8-9,12H,5-7,10-11H2,1-4H3,(H,19,20). The van der Waals surface area contributed by atoms with Gasteiger partial charge in [-0.2, -0.15) is 0 Å². The van der Waals surface area contributed by atoms with Gasteiger partial charge in [-0.15, -0.1) is 0 Å². The molecule has 0 aliphatic heterocycles. The van der Waals surface area contributed by atoms with Crippen molar-refractivity contribution in [3.63, 3.8) is 0 Å². The largest absolute Gasteiger partial charge is 0.492 e. The molecule has 0 heterocycles. The van der Waals surface area contributed by atoms with Crippen LogP contribution in [0.2, 0.25) is 5.02 Å². The SMILES string of the molecule is CCCOc1ccc(NC(=O)C(C)(CCC)OCC)cc1Cl. The molecule has 0 saturated carbocycles. The Hall–Kier alpha value is -1.26. The number of hydrogen-bond donors (Lipinski definition) is 1. The van der Waals surface area contributed by atoms with Crippen LogP contribution >= 0.6 is 11.6 Å². The lowest BCUT2D eigenvalue weighted by Crippen LogP contribution is -2.42. The molecule has 1 amide bonds. The third-order valence-corrected chi connectivity index (χ3v) is 3.62. The Bertz CT molecular complexity index is 485. The van der Waals surface area contributed by atoms with E-state index < -0.39 is 5.60 Å². The highest BCUT2D eigenvalue weighted by molar-refractivity contribution is 6.32. The lowest BCUT2D eigenvalue weighted by molar-refractivity contribution is -0.139. The molecule has 0 aliphatic carbocycles. The number of amides is 1. The highest BCUT2D eigenvalue weighted by Crippen LogP contribution is 2.29. The Morgan fingerprint density at radius 3 is 2.55 bits per heavy atom. The molecule has 0 bridgehead atoms. The van der Waals surface area contributed by atoms with Crippen molar-refractivity contribution in [1.82, 2.24) is 0 Å². The molecule has 22 heavy (non-hydrogen) atoms. The van der Waals surface area contributed by atoms with Crippen molar-refractivity contribution < 1.29 is 14.3 Å². The van der Waals surface area contributed by atoms with Gasteiger partial charge in [0.05, 0.1) is 11.6 Å². The van der Waals surface area contributed by atoms with Crippen molar-refractivity contribution in [3.8, 4) is 5.75 Å². The van der Waals surface area contributed by atoms with Gasteiger partial charge >= 0.3 is 0 Å². The van der Waals surface area contributed by atoms with E-state index in [1.807, 2.05) is 27.7 Å². The maximum Gasteiger partial charge on any atom is 0.256 e. The number of ether oxygens (including phenoxy) is 2. The summed E-state index contributed by atoms with van der Waals surface area (Å²) in [5, 5.41) is 3.36. The van der Waals surface area contributed by atoms with E-state index in [1.54, 1.807) is 18.2 Å². The smallest absolute Gasteiger partial charge is 0.256 e. The quantitative estimate of drug-likeness (QED) is 0.717. The number of hydrogen-bond acceptors (Lipinski definition) is 3. The van der Waals surface area contributed by atoms with Crippen LogP contribution < -0.4 is 10.1 Å². The number of halogens is 1. The molecule has 5 heteroatoms. The molecule has 1 unspecified atom stereocenters. The number of benzene rings is 1. The van der Waals surface area contributed by atoms with Gasteiger partial charge in [0.15, 0.2) is 0 Å². The monoisotopic (exact) mass is 327 g/mol. The van der Waals surface area contributed by atoms with E-state index in [0.717, 1.165) is 12.8 Å². The highest BCUT2D eigenvalue weighted by Gasteiger charge is 2.33. The minimum Gasteiger partial charge on any atom is -0.492 e. The molecule has 0 spiro atoms. The number of carbonyl (C=O) groups is 1. The van der Waals surface area contributed by atoms with E-state index in [2.05, 4.69) is 5.32 Å². The van der Waals surface area contributed by atoms with Crippen molar-refractivity contribution >= 4 is 23.2 Å². The first kappa shape index (κ1) is 18.8. The fourth-order valence-corrected chi connectivity index (χ4v) is 2.45. The van der Waals surface area contributed by atoms with Crippen molar-refractivity contribution in [2.75, 3.05) is 18.5 Å². The van der Waals surface area contributed by atoms with E-state index in [4.69, 9.17) is 21.1 Å². The first-order valence-corrected chi connectivity index (χ1v) is 8.22. The highest BCUT2D eigenvalue weighted by atomic mass is 35.5. The summed E-state index contributed by atoms with van der Waals surface area (Å²) >= 11 is 6.18. The summed E-state index contributed by atoms with van der Waals surface area (Å²) in [7, 11) is 0. The lowest BCUT2D eigenvalue weighted by Gasteiger charge is -2.27. The van der Waals surface area contributed by atoms with E-state index in [-0.39, 0.29) is 5.91 Å². The lowest BCUT2D eigenvalue weighted by atomic mass is 9.99. The molecule has 0 fully saturated rings. The van der Waals surface area contributed by atoms with Crippen molar-refractivity contribution in [1.29, 1.82) is 0 Å². The second-order valence-corrected chi connectivity index (χ2v) is 5.77. The number of rotatable bonds is 9. The Kier molecular flexibility index (Phi) is 7.69. The molecule has 1 aromatic rings. The summed E-state index contributed by atoms with van der Waals surface area (Å²) in [6, 6.07) is 5.25. The summed E-state index contributed by atoms with van der Waals surface area (Å²) in [5.41, 5.74) is -0.186. The minimum atomic E-state index is -0.826. The molecule has 0 saturated heterocycles. The summed E-state index contributed by atoms with van der Waals surface area (Å²) in [6.45, 7) is 8.87. The van der Waals surface area contributed by atoms with Crippen LogP contribution in [0.15, 0.2) is 18.2 Å². The second-order valence-electron chi connectivity index (χ2n) is 5.36. The van der Waals surface area contributed by atoms with Crippen LogP contribution in [0.4, 0.5) is 5.69 Å². The average Bonchev–Trinajstić information content (AvgIpc) is 2.47. The molecular weight excluding hydrogens is 302 g/mol. The van der Waals surface area contributed by atoms with Crippen molar-refractivity contribution in [2.45, 2.75) is 52.6 Å². The molecule has 0 radical (unpaired) electrons. The predicted octanol–water partition coefficient (Wildman–Crippen LogP) is 4.66. The molecule has 1 aromatic carbocycles. The molecule has 4 nitrogen and oxygen atoms in total. The maximum absolute atomic E-state index is 12.5. The number of anilines is 1. The predicted molar refractivity (Wildman–Crippen MR) is 90.8 cm³/mol. The van der Waals surface area contributed by atoms with E-state index >= 15 is 0 Å².